The highest BCUT2D eigenvalue weighted by Gasteiger charge is 2.20. The lowest BCUT2D eigenvalue weighted by Gasteiger charge is -2.26. The normalized spacial score (nSPS) is 11.4. The number of carbonyl (C=O) groups is 1. The van der Waals surface area contributed by atoms with Gasteiger partial charge in [-0.15, -0.1) is 0 Å². The van der Waals surface area contributed by atoms with E-state index in [2.05, 4.69) is 55.4 Å². The molecule has 25 heavy (non-hydrogen) atoms. The molecule has 1 heterocycles. The second kappa shape index (κ2) is 8.32. The van der Waals surface area contributed by atoms with Gasteiger partial charge in [0.1, 0.15) is 5.82 Å². The maximum Gasteiger partial charge on any atom is 0.225 e. The minimum absolute atomic E-state index is 0.00109. The monoisotopic (exact) mass is 341 g/mol. The standard InChI is InChI=1S/C21H31N3O/c1-15(2)12-24(21(25)16(3)4)14-20-22-9-10-23(20)13-19-11-17(5)7-8-18(19)6/h7-11,15-16H,12-14H2,1-6H3. The van der Waals surface area contributed by atoms with Crippen molar-refractivity contribution in [3.8, 4) is 0 Å². The first-order valence-electron chi connectivity index (χ1n) is 9.12. The summed E-state index contributed by atoms with van der Waals surface area (Å²) in [4.78, 5) is 19.0. The summed E-state index contributed by atoms with van der Waals surface area (Å²) in [5, 5.41) is 0. The molecule has 4 nitrogen and oxygen atoms in total. The maximum absolute atomic E-state index is 12.6. The molecular formula is C21H31N3O. The number of hydrogen-bond donors (Lipinski definition) is 0. The molecule has 4 heteroatoms. The molecule has 1 amide bonds. The lowest BCUT2D eigenvalue weighted by Crippen LogP contribution is -2.37. The van der Waals surface area contributed by atoms with E-state index in [4.69, 9.17) is 0 Å². The highest BCUT2D eigenvalue weighted by Crippen LogP contribution is 2.15. The summed E-state index contributed by atoms with van der Waals surface area (Å²) >= 11 is 0. The zero-order valence-electron chi connectivity index (χ0n) is 16.4. The molecule has 0 N–H and O–H groups in total. The average Bonchev–Trinajstić information content (AvgIpc) is 2.96. The number of amides is 1. The summed E-state index contributed by atoms with van der Waals surface area (Å²) in [7, 11) is 0. The summed E-state index contributed by atoms with van der Waals surface area (Å²) in [6, 6.07) is 6.53. The Morgan fingerprint density at radius 1 is 1.20 bits per heavy atom. The molecule has 0 atom stereocenters. The van der Waals surface area contributed by atoms with Gasteiger partial charge in [-0.2, -0.15) is 0 Å². The Morgan fingerprint density at radius 2 is 1.92 bits per heavy atom. The Balaban J connectivity index is 2.21. The Bertz CT molecular complexity index is 716. The zero-order chi connectivity index (χ0) is 18.6. The van der Waals surface area contributed by atoms with Crippen LogP contribution < -0.4 is 0 Å². The summed E-state index contributed by atoms with van der Waals surface area (Å²) < 4.78 is 2.16. The smallest absolute Gasteiger partial charge is 0.225 e. The molecule has 0 bridgehead atoms. The van der Waals surface area contributed by atoms with Gasteiger partial charge in [0.05, 0.1) is 6.54 Å². The van der Waals surface area contributed by atoms with Gasteiger partial charge in [-0.05, 0) is 30.9 Å². The van der Waals surface area contributed by atoms with Gasteiger partial charge in [-0.1, -0.05) is 51.5 Å². The third-order valence-corrected chi connectivity index (χ3v) is 4.37. The van der Waals surface area contributed by atoms with E-state index < -0.39 is 0 Å². The van der Waals surface area contributed by atoms with Crippen LogP contribution in [0.1, 0.15) is 50.2 Å². The summed E-state index contributed by atoms with van der Waals surface area (Å²) in [6.45, 7) is 14.6. The molecule has 0 radical (unpaired) electrons. The van der Waals surface area contributed by atoms with Gasteiger partial charge in [0.25, 0.3) is 0 Å². The van der Waals surface area contributed by atoms with Gasteiger partial charge in [0, 0.05) is 31.4 Å². The third-order valence-electron chi connectivity index (χ3n) is 4.37. The largest absolute Gasteiger partial charge is 0.335 e. The zero-order valence-corrected chi connectivity index (χ0v) is 16.4. The Labute approximate surface area is 151 Å². The second-order valence-electron chi connectivity index (χ2n) is 7.67. The molecule has 0 aliphatic carbocycles. The van der Waals surface area contributed by atoms with E-state index >= 15 is 0 Å². The highest BCUT2D eigenvalue weighted by molar-refractivity contribution is 5.78. The van der Waals surface area contributed by atoms with Crippen molar-refractivity contribution >= 4 is 5.91 Å². The van der Waals surface area contributed by atoms with Crippen LogP contribution in [0.15, 0.2) is 30.6 Å². The molecule has 0 fully saturated rings. The molecule has 2 rings (SSSR count). The van der Waals surface area contributed by atoms with E-state index in [0.717, 1.165) is 18.9 Å². The molecule has 0 saturated heterocycles. The first kappa shape index (κ1) is 19.2. The lowest BCUT2D eigenvalue weighted by atomic mass is 10.1. The quantitative estimate of drug-likeness (QED) is 0.757. The number of rotatable bonds is 7. The Morgan fingerprint density at radius 3 is 2.56 bits per heavy atom. The van der Waals surface area contributed by atoms with Crippen LogP contribution in [0.2, 0.25) is 0 Å². The van der Waals surface area contributed by atoms with Gasteiger partial charge in [0.2, 0.25) is 5.91 Å². The fourth-order valence-corrected chi connectivity index (χ4v) is 3.00. The van der Waals surface area contributed by atoms with Gasteiger partial charge in [-0.25, -0.2) is 4.98 Å². The van der Waals surface area contributed by atoms with Gasteiger partial charge in [0.15, 0.2) is 0 Å². The van der Waals surface area contributed by atoms with Crippen molar-refractivity contribution in [1.29, 1.82) is 0 Å². The number of aryl methyl sites for hydroxylation is 2. The predicted molar refractivity (Wildman–Crippen MR) is 102 cm³/mol. The van der Waals surface area contributed by atoms with Crippen molar-refractivity contribution in [2.45, 2.75) is 54.6 Å². The average molecular weight is 341 g/mol. The number of nitrogens with zero attached hydrogens (tertiary/aromatic N) is 3. The third kappa shape index (κ3) is 5.18. The van der Waals surface area contributed by atoms with Crippen LogP contribution in [0.4, 0.5) is 0 Å². The molecule has 0 aliphatic rings. The first-order chi connectivity index (χ1) is 11.8. The SMILES string of the molecule is Cc1ccc(C)c(Cn2ccnc2CN(CC(C)C)C(=O)C(C)C)c1. The predicted octanol–water partition coefficient (Wildman–Crippen LogP) is 4.19. The van der Waals surface area contributed by atoms with E-state index in [-0.39, 0.29) is 11.8 Å². The number of benzene rings is 1. The van der Waals surface area contributed by atoms with Crippen molar-refractivity contribution in [3.63, 3.8) is 0 Å². The van der Waals surface area contributed by atoms with Gasteiger partial charge < -0.3 is 9.47 Å². The first-order valence-corrected chi connectivity index (χ1v) is 9.12. The Hall–Kier alpha value is -2.10. The minimum atomic E-state index is 0.00109. The molecule has 0 aliphatic heterocycles. The van der Waals surface area contributed by atoms with Crippen LogP contribution in [-0.4, -0.2) is 26.9 Å². The van der Waals surface area contributed by atoms with Gasteiger partial charge in [-0.3, -0.25) is 4.79 Å². The summed E-state index contributed by atoms with van der Waals surface area (Å²) in [5.74, 6) is 1.57. The summed E-state index contributed by atoms with van der Waals surface area (Å²) in [5.41, 5.74) is 3.84. The topological polar surface area (TPSA) is 38.1 Å². The van der Waals surface area contributed by atoms with E-state index in [1.807, 2.05) is 31.1 Å². The minimum Gasteiger partial charge on any atom is -0.335 e. The lowest BCUT2D eigenvalue weighted by molar-refractivity contribution is -0.135. The van der Waals surface area contributed by atoms with Crippen LogP contribution in [0, 0.1) is 25.7 Å². The van der Waals surface area contributed by atoms with Crippen molar-refractivity contribution in [2.24, 2.45) is 11.8 Å². The fraction of sp³-hybridized carbons (Fsp3) is 0.524. The van der Waals surface area contributed by atoms with Crippen molar-refractivity contribution < 1.29 is 4.79 Å². The molecule has 0 spiro atoms. The fourth-order valence-electron chi connectivity index (χ4n) is 3.00. The highest BCUT2D eigenvalue weighted by atomic mass is 16.2. The van der Waals surface area contributed by atoms with E-state index in [1.54, 1.807) is 0 Å². The number of carbonyl (C=O) groups excluding carboxylic acids is 1. The molecule has 136 valence electrons. The molecule has 0 saturated carbocycles. The maximum atomic E-state index is 12.6. The molecule has 1 aromatic heterocycles. The van der Waals surface area contributed by atoms with Crippen LogP contribution in [0.3, 0.4) is 0 Å². The van der Waals surface area contributed by atoms with E-state index in [0.29, 0.717) is 12.5 Å². The molecule has 0 unspecified atom stereocenters. The van der Waals surface area contributed by atoms with Crippen LogP contribution in [0.5, 0.6) is 0 Å². The molecule has 2 aromatic rings. The number of aromatic nitrogens is 2. The van der Waals surface area contributed by atoms with E-state index in [9.17, 15) is 4.79 Å². The number of hydrogen-bond acceptors (Lipinski definition) is 2. The van der Waals surface area contributed by atoms with Crippen LogP contribution in [-0.2, 0) is 17.9 Å². The Kier molecular flexibility index (Phi) is 6.40. The van der Waals surface area contributed by atoms with Crippen molar-refractivity contribution in [1.82, 2.24) is 14.5 Å². The van der Waals surface area contributed by atoms with Crippen LogP contribution >= 0.6 is 0 Å². The van der Waals surface area contributed by atoms with Crippen molar-refractivity contribution in [3.05, 3.63) is 53.1 Å². The number of imidazole rings is 1. The van der Waals surface area contributed by atoms with Crippen molar-refractivity contribution in [2.75, 3.05) is 6.54 Å². The molecular weight excluding hydrogens is 310 g/mol. The second-order valence-corrected chi connectivity index (χ2v) is 7.67. The van der Waals surface area contributed by atoms with Crippen LogP contribution in [0.25, 0.3) is 0 Å². The van der Waals surface area contributed by atoms with Gasteiger partial charge >= 0.3 is 0 Å². The molecule has 1 aromatic carbocycles. The summed E-state index contributed by atoms with van der Waals surface area (Å²) in [6.07, 6.45) is 3.83. The van der Waals surface area contributed by atoms with E-state index in [1.165, 1.54) is 16.7 Å².